The van der Waals surface area contributed by atoms with Gasteiger partial charge in [-0.1, -0.05) is 17.7 Å². The van der Waals surface area contributed by atoms with E-state index in [-0.39, 0.29) is 30.3 Å². The Morgan fingerprint density at radius 3 is 2.50 bits per heavy atom. The first-order valence-corrected chi connectivity index (χ1v) is 7.94. The minimum Gasteiger partial charge on any atom is -0.484 e. The molecule has 1 saturated heterocycles. The van der Waals surface area contributed by atoms with Crippen molar-refractivity contribution in [1.29, 1.82) is 0 Å². The summed E-state index contributed by atoms with van der Waals surface area (Å²) in [6.07, 6.45) is 1.50. The molecule has 120 valence electrons. The summed E-state index contributed by atoms with van der Waals surface area (Å²) in [6.45, 7) is 3.27. The van der Waals surface area contributed by atoms with Crippen molar-refractivity contribution in [1.82, 2.24) is 10.2 Å². The Morgan fingerprint density at radius 1 is 1.27 bits per heavy atom. The Balaban J connectivity index is 1.69. The Bertz CT molecular complexity index is 511. The fourth-order valence-electron chi connectivity index (χ4n) is 2.41. The number of amides is 2. The molecule has 1 aliphatic rings. The van der Waals surface area contributed by atoms with E-state index in [2.05, 4.69) is 5.32 Å². The van der Waals surface area contributed by atoms with Crippen molar-refractivity contribution >= 4 is 23.4 Å². The van der Waals surface area contributed by atoms with E-state index in [1.54, 1.807) is 4.90 Å². The number of benzene rings is 1. The summed E-state index contributed by atoms with van der Waals surface area (Å²) in [5.41, 5.74) is 1.15. The summed E-state index contributed by atoms with van der Waals surface area (Å²) in [5, 5.41) is 2.94. The number of hydrogen-bond acceptors (Lipinski definition) is 3. The number of halogens is 1. The molecule has 1 fully saturated rings. The topological polar surface area (TPSA) is 58.6 Å². The van der Waals surface area contributed by atoms with Gasteiger partial charge in [-0.2, -0.15) is 0 Å². The van der Waals surface area contributed by atoms with E-state index in [1.807, 2.05) is 31.2 Å². The molecule has 0 bridgehead atoms. The molecule has 1 heterocycles. The highest BCUT2D eigenvalue weighted by Crippen LogP contribution is 2.12. The predicted molar refractivity (Wildman–Crippen MR) is 85.1 cm³/mol. The van der Waals surface area contributed by atoms with Gasteiger partial charge in [-0.25, -0.2) is 0 Å². The van der Waals surface area contributed by atoms with E-state index in [4.69, 9.17) is 16.3 Å². The number of hydrogen-bond donors (Lipinski definition) is 1. The second-order valence-electron chi connectivity index (χ2n) is 5.46. The minimum atomic E-state index is -0.136. The maximum atomic E-state index is 11.9. The van der Waals surface area contributed by atoms with Gasteiger partial charge in [0.25, 0.3) is 5.91 Å². The van der Waals surface area contributed by atoms with E-state index in [0.29, 0.717) is 18.8 Å². The number of carbonyl (C=O) groups is 2. The Morgan fingerprint density at radius 2 is 1.91 bits per heavy atom. The van der Waals surface area contributed by atoms with Gasteiger partial charge in [-0.05, 0) is 31.9 Å². The van der Waals surface area contributed by atoms with Crippen LogP contribution in [0, 0.1) is 6.92 Å². The van der Waals surface area contributed by atoms with Crippen LogP contribution in [-0.2, 0) is 9.59 Å². The standard InChI is InChI=1S/C16H21ClN2O3/c1-12-2-4-14(5-3-12)22-11-15(20)18-13-6-8-19(9-7-13)16(21)10-17/h2-5,13H,6-11H2,1H3,(H,18,20). The molecule has 2 rings (SSSR count). The number of likely N-dealkylation sites (tertiary alicyclic amines) is 1. The number of carbonyl (C=O) groups excluding carboxylic acids is 2. The molecule has 2 amide bonds. The SMILES string of the molecule is Cc1ccc(OCC(=O)NC2CCN(C(=O)CCl)CC2)cc1. The molecule has 5 nitrogen and oxygen atoms in total. The summed E-state index contributed by atoms with van der Waals surface area (Å²) < 4.78 is 5.45. The molecule has 6 heteroatoms. The molecule has 0 aliphatic carbocycles. The Kier molecular flexibility index (Phi) is 6.07. The molecule has 1 aromatic rings. The molecule has 1 aromatic carbocycles. The zero-order valence-electron chi connectivity index (χ0n) is 12.7. The van der Waals surface area contributed by atoms with Gasteiger partial charge in [0.05, 0.1) is 0 Å². The summed E-state index contributed by atoms with van der Waals surface area (Å²) in [4.78, 5) is 25.1. The molecular weight excluding hydrogens is 304 g/mol. The third-order valence-electron chi connectivity index (χ3n) is 3.72. The number of nitrogens with one attached hydrogen (secondary N) is 1. The lowest BCUT2D eigenvalue weighted by Crippen LogP contribution is -2.47. The third-order valence-corrected chi connectivity index (χ3v) is 3.95. The number of ether oxygens (including phenoxy) is 1. The monoisotopic (exact) mass is 324 g/mol. The lowest BCUT2D eigenvalue weighted by Gasteiger charge is -2.32. The normalized spacial score (nSPS) is 15.5. The van der Waals surface area contributed by atoms with Crippen LogP contribution < -0.4 is 10.1 Å². The van der Waals surface area contributed by atoms with Crippen molar-refractivity contribution in [2.24, 2.45) is 0 Å². The van der Waals surface area contributed by atoms with E-state index in [1.165, 1.54) is 0 Å². The van der Waals surface area contributed by atoms with Gasteiger partial charge in [0.2, 0.25) is 5.91 Å². The van der Waals surface area contributed by atoms with Crippen LogP contribution in [0.3, 0.4) is 0 Å². The zero-order valence-corrected chi connectivity index (χ0v) is 13.4. The van der Waals surface area contributed by atoms with E-state index < -0.39 is 0 Å². The smallest absolute Gasteiger partial charge is 0.258 e. The van der Waals surface area contributed by atoms with Gasteiger partial charge in [0, 0.05) is 19.1 Å². The van der Waals surface area contributed by atoms with Crippen LogP contribution in [0.2, 0.25) is 0 Å². The highest BCUT2D eigenvalue weighted by Gasteiger charge is 2.23. The molecule has 0 saturated carbocycles. The van der Waals surface area contributed by atoms with Crippen LogP contribution in [0.1, 0.15) is 18.4 Å². The lowest BCUT2D eigenvalue weighted by molar-refractivity contribution is -0.129. The average Bonchev–Trinajstić information content (AvgIpc) is 2.54. The predicted octanol–water partition coefficient (Wildman–Crippen LogP) is 1.72. The molecular formula is C16H21ClN2O3. The zero-order chi connectivity index (χ0) is 15.9. The molecule has 1 aliphatic heterocycles. The van der Waals surface area contributed by atoms with E-state index in [0.717, 1.165) is 18.4 Å². The van der Waals surface area contributed by atoms with Gasteiger partial charge in [-0.3, -0.25) is 9.59 Å². The molecule has 0 atom stereocenters. The van der Waals surface area contributed by atoms with Crippen LogP contribution in [0.5, 0.6) is 5.75 Å². The van der Waals surface area contributed by atoms with Crippen LogP contribution in [0.15, 0.2) is 24.3 Å². The Hall–Kier alpha value is -1.75. The maximum absolute atomic E-state index is 11.9. The van der Waals surface area contributed by atoms with Crippen LogP contribution in [0.25, 0.3) is 0 Å². The van der Waals surface area contributed by atoms with Crippen LogP contribution in [0.4, 0.5) is 0 Å². The first-order chi connectivity index (χ1) is 10.6. The second-order valence-corrected chi connectivity index (χ2v) is 5.73. The first kappa shape index (κ1) is 16.6. The van der Waals surface area contributed by atoms with Crippen molar-refractivity contribution in [3.63, 3.8) is 0 Å². The van der Waals surface area contributed by atoms with Crippen molar-refractivity contribution in [2.75, 3.05) is 25.6 Å². The average molecular weight is 325 g/mol. The summed E-state index contributed by atoms with van der Waals surface area (Å²) in [6, 6.07) is 7.67. The molecule has 0 aromatic heterocycles. The second kappa shape index (κ2) is 8.03. The minimum absolute atomic E-state index is 0.00385. The highest BCUT2D eigenvalue weighted by molar-refractivity contribution is 6.27. The molecule has 22 heavy (non-hydrogen) atoms. The molecule has 0 unspecified atom stereocenters. The molecule has 0 radical (unpaired) electrons. The fourth-order valence-corrected chi connectivity index (χ4v) is 2.58. The van der Waals surface area contributed by atoms with Crippen molar-refractivity contribution in [2.45, 2.75) is 25.8 Å². The number of piperidine rings is 1. The maximum Gasteiger partial charge on any atom is 0.258 e. The summed E-state index contributed by atoms with van der Waals surface area (Å²) >= 11 is 5.54. The van der Waals surface area contributed by atoms with Gasteiger partial charge in [0.15, 0.2) is 6.61 Å². The third kappa shape index (κ3) is 4.91. The quantitative estimate of drug-likeness (QED) is 0.839. The van der Waals surface area contributed by atoms with E-state index >= 15 is 0 Å². The fraction of sp³-hybridized carbons (Fsp3) is 0.500. The van der Waals surface area contributed by atoms with Gasteiger partial charge in [0.1, 0.15) is 11.6 Å². The van der Waals surface area contributed by atoms with Crippen molar-refractivity contribution < 1.29 is 14.3 Å². The largest absolute Gasteiger partial charge is 0.484 e. The molecule has 1 N–H and O–H groups in total. The van der Waals surface area contributed by atoms with Crippen LogP contribution >= 0.6 is 11.6 Å². The molecule has 0 spiro atoms. The van der Waals surface area contributed by atoms with Gasteiger partial charge < -0.3 is 15.0 Å². The first-order valence-electron chi connectivity index (χ1n) is 7.41. The number of nitrogens with zero attached hydrogens (tertiary/aromatic N) is 1. The number of aryl methyl sites for hydroxylation is 1. The highest BCUT2D eigenvalue weighted by atomic mass is 35.5. The van der Waals surface area contributed by atoms with E-state index in [9.17, 15) is 9.59 Å². The van der Waals surface area contributed by atoms with Gasteiger partial charge in [-0.15, -0.1) is 11.6 Å². The van der Waals surface area contributed by atoms with Crippen molar-refractivity contribution in [3.05, 3.63) is 29.8 Å². The summed E-state index contributed by atoms with van der Waals surface area (Å²) in [7, 11) is 0. The van der Waals surface area contributed by atoms with Gasteiger partial charge >= 0.3 is 0 Å². The summed E-state index contributed by atoms with van der Waals surface area (Å²) in [5.74, 6) is 0.515. The number of rotatable bonds is 5. The van der Waals surface area contributed by atoms with Crippen LogP contribution in [-0.4, -0.2) is 48.3 Å². The lowest BCUT2D eigenvalue weighted by atomic mass is 10.1. The van der Waals surface area contributed by atoms with Crippen molar-refractivity contribution in [3.8, 4) is 5.75 Å². The number of alkyl halides is 1. The Labute approximate surface area is 135 Å².